The van der Waals surface area contributed by atoms with Gasteiger partial charge in [-0.1, -0.05) is 50.1 Å². The third-order valence-electron chi connectivity index (χ3n) is 3.08. The van der Waals surface area contributed by atoms with Crippen LogP contribution in [0.3, 0.4) is 0 Å². The summed E-state index contributed by atoms with van der Waals surface area (Å²) in [5.74, 6) is 1.12. The minimum atomic E-state index is 0.356. The number of benzene rings is 1. The van der Waals surface area contributed by atoms with Gasteiger partial charge in [0.1, 0.15) is 0 Å². The third-order valence-corrected chi connectivity index (χ3v) is 4.12. The van der Waals surface area contributed by atoms with Crippen LogP contribution in [0.5, 0.6) is 0 Å². The first-order valence-electron chi connectivity index (χ1n) is 7.22. The van der Waals surface area contributed by atoms with E-state index in [0.29, 0.717) is 6.10 Å². The van der Waals surface area contributed by atoms with E-state index in [2.05, 4.69) is 49.4 Å². The molecule has 0 spiro atoms. The van der Waals surface area contributed by atoms with Crippen LogP contribution in [0.1, 0.15) is 39.0 Å². The number of rotatable bonds is 10. The summed E-state index contributed by atoms with van der Waals surface area (Å²) in [4.78, 5) is 1.34. The standard InChI is InChI=1S/C17H26OS/c1-3-4-5-6-8-11-16(18-2)14-15-19-17-12-9-7-10-13-17/h6-10,12-13,16H,3-5,11,14-15H2,1-2H3/b8-6+/t16-/m1/s1. The molecule has 19 heavy (non-hydrogen) atoms. The number of hydrogen-bond acceptors (Lipinski definition) is 2. The highest BCUT2D eigenvalue weighted by Gasteiger charge is 2.05. The lowest BCUT2D eigenvalue weighted by atomic mass is 10.1. The SMILES string of the molecule is CCCC/C=C/C[C@H](CCSc1ccccc1)OC. The monoisotopic (exact) mass is 278 g/mol. The van der Waals surface area contributed by atoms with Crippen LogP contribution >= 0.6 is 11.8 Å². The van der Waals surface area contributed by atoms with E-state index in [-0.39, 0.29) is 0 Å². The molecule has 0 aromatic heterocycles. The van der Waals surface area contributed by atoms with Gasteiger partial charge >= 0.3 is 0 Å². The highest BCUT2D eigenvalue weighted by Crippen LogP contribution is 2.19. The summed E-state index contributed by atoms with van der Waals surface area (Å²) in [7, 11) is 1.82. The smallest absolute Gasteiger partial charge is 0.0613 e. The maximum atomic E-state index is 5.53. The Morgan fingerprint density at radius 1 is 1.21 bits per heavy atom. The molecule has 106 valence electrons. The summed E-state index contributed by atoms with van der Waals surface area (Å²) in [5.41, 5.74) is 0. The van der Waals surface area contributed by atoms with Gasteiger partial charge in [-0.05, 0) is 31.4 Å². The molecule has 0 radical (unpaired) electrons. The van der Waals surface area contributed by atoms with Crippen molar-refractivity contribution in [3.05, 3.63) is 42.5 Å². The summed E-state index contributed by atoms with van der Waals surface area (Å²) in [5, 5.41) is 0. The molecule has 1 nitrogen and oxygen atoms in total. The first kappa shape index (κ1) is 16.3. The van der Waals surface area contributed by atoms with Gasteiger partial charge in [0.25, 0.3) is 0 Å². The Morgan fingerprint density at radius 2 is 2.00 bits per heavy atom. The predicted octanol–water partition coefficient (Wildman–Crippen LogP) is 5.32. The maximum absolute atomic E-state index is 5.53. The van der Waals surface area contributed by atoms with Crippen LogP contribution in [0.25, 0.3) is 0 Å². The molecule has 0 aliphatic rings. The highest BCUT2D eigenvalue weighted by atomic mass is 32.2. The van der Waals surface area contributed by atoms with Crippen molar-refractivity contribution in [3.63, 3.8) is 0 Å². The van der Waals surface area contributed by atoms with Crippen LogP contribution in [0, 0.1) is 0 Å². The quantitative estimate of drug-likeness (QED) is 0.325. The molecule has 0 heterocycles. The minimum absolute atomic E-state index is 0.356. The topological polar surface area (TPSA) is 9.23 Å². The van der Waals surface area contributed by atoms with Crippen LogP contribution in [-0.4, -0.2) is 19.0 Å². The van der Waals surface area contributed by atoms with Gasteiger partial charge < -0.3 is 4.74 Å². The van der Waals surface area contributed by atoms with Crippen molar-refractivity contribution >= 4 is 11.8 Å². The first-order valence-corrected chi connectivity index (χ1v) is 8.21. The van der Waals surface area contributed by atoms with E-state index < -0.39 is 0 Å². The summed E-state index contributed by atoms with van der Waals surface area (Å²) in [6, 6.07) is 10.6. The molecule has 2 heteroatoms. The van der Waals surface area contributed by atoms with Crippen molar-refractivity contribution < 1.29 is 4.74 Å². The van der Waals surface area contributed by atoms with Gasteiger partial charge in [0.05, 0.1) is 6.10 Å². The lowest BCUT2D eigenvalue weighted by Crippen LogP contribution is -2.10. The van der Waals surface area contributed by atoms with Gasteiger partial charge in [-0.15, -0.1) is 11.8 Å². The van der Waals surface area contributed by atoms with Crippen molar-refractivity contribution in [1.29, 1.82) is 0 Å². The van der Waals surface area contributed by atoms with Crippen molar-refractivity contribution in [1.82, 2.24) is 0 Å². The molecule has 0 saturated heterocycles. The molecule has 0 aliphatic heterocycles. The third kappa shape index (κ3) is 8.12. The van der Waals surface area contributed by atoms with Crippen LogP contribution in [0.15, 0.2) is 47.4 Å². The molecule has 0 bridgehead atoms. The minimum Gasteiger partial charge on any atom is -0.381 e. The zero-order valence-electron chi connectivity index (χ0n) is 12.2. The molecule has 0 amide bonds. The second kappa shape index (κ2) is 11.1. The zero-order chi connectivity index (χ0) is 13.8. The largest absolute Gasteiger partial charge is 0.381 e. The highest BCUT2D eigenvalue weighted by molar-refractivity contribution is 7.99. The number of thioether (sulfide) groups is 1. The van der Waals surface area contributed by atoms with Crippen LogP contribution in [-0.2, 0) is 4.74 Å². The lowest BCUT2D eigenvalue weighted by molar-refractivity contribution is 0.103. The van der Waals surface area contributed by atoms with Crippen LogP contribution < -0.4 is 0 Å². The van der Waals surface area contributed by atoms with E-state index >= 15 is 0 Å². The van der Waals surface area contributed by atoms with Crippen molar-refractivity contribution in [3.8, 4) is 0 Å². The average Bonchev–Trinajstić information content (AvgIpc) is 2.46. The van der Waals surface area contributed by atoms with Crippen molar-refractivity contribution in [2.75, 3.05) is 12.9 Å². The summed E-state index contributed by atoms with van der Waals surface area (Å²) in [6.07, 6.45) is 10.8. The molecule has 0 fully saturated rings. The maximum Gasteiger partial charge on any atom is 0.0613 e. The molecule has 0 saturated carbocycles. The molecule has 1 rings (SSSR count). The Morgan fingerprint density at radius 3 is 2.68 bits per heavy atom. The Bertz CT molecular complexity index is 334. The van der Waals surface area contributed by atoms with Gasteiger partial charge in [0.15, 0.2) is 0 Å². The molecule has 0 aliphatic carbocycles. The van der Waals surface area contributed by atoms with E-state index in [4.69, 9.17) is 4.74 Å². The second-order valence-corrected chi connectivity index (χ2v) is 5.83. The fourth-order valence-electron chi connectivity index (χ4n) is 1.84. The van der Waals surface area contributed by atoms with E-state index in [1.165, 1.54) is 24.2 Å². The summed E-state index contributed by atoms with van der Waals surface area (Å²) in [6.45, 7) is 2.23. The molecule has 1 atom stereocenters. The van der Waals surface area contributed by atoms with Crippen LogP contribution in [0.2, 0.25) is 0 Å². The Hall–Kier alpha value is -0.730. The number of hydrogen-bond donors (Lipinski definition) is 0. The summed E-state index contributed by atoms with van der Waals surface area (Å²) < 4.78 is 5.53. The lowest BCUT2D eigenvalue weighted by Gasteiger charge is -2.12. The zero-order valence-corrected chi connectivity index (χ0v) is 13.0. The predicted molar refractivity (Wildman–Crippen MR) is 85.9 cm³/mol. The van der Waals surface area contributed by atoms with Gasteiger partial charge in [-0.2, -0.15) is 0 Å². The van der Waals surface area contributed by atoms with E-state index in [1.54, 1.807) is 0 Å². The average molecular weight is 278 g/mol. The number of ether oxygens (including phenoxy) is 1. The Kier molecular flexibility index (Phi) is 9.56. The van der Waals surface area contributed by atoms with Gasteiger partial charge in [0.2, 0.25) is 0 Å². The Balaban J connectivity index is 2.16. The normalized spacial score (nSPS) is 12.9. The second-order valence-electron chi connectivity index (χ2n) is 4.66. The fraction of sp³-hybridized carbons (Fsp3) is 0.529. The number of methoxy groups -OCH3 is 1. The molecule has 1 aromatic rings. The fourth-order valence-corrected chi connectivity index (χ4v) is 2.81. The van der Waals surface area contributed by atoms with Gasteiger partial charge in [0, 0.05) is 17.8 Å². The number of allylic oxidation sites excluding steroid dienone is 1. The van der Waals surface area contributed by atoms with E-state index in [1.807, 2.05) is 18.9 Å². The number of unbranched alkanes of at least 4 members (excludes halogenated alkanes) is 2. The summed E-state index contributed by atoms with van der Waals surface area (Å²) >= 11 is 1.91. The molecule has 0 unspecified atom stereocenters. The first-order chi connectivity index (χ1) is 9.36. The molecular weight excluding hydrogens is 252 g/mol. The van der Waals surface area contributed by atoms with Crippen LogP contribution in [0.4, 0.5) is 0 Å². The van der Waals surface area contributed by atoms with E-state index in [9.17, 15) is 0 Å². The van der Waals surface area contributed by atoms with E-state index in [0.717, 1.165) is 18.6 Å². The molecular formula is C17H26OS. The van der Waals surface area contributed by atoms with Gasteiger partial charge in [-0.3, -0.25) is 0 Å². The van der Waals surface area contributed by atoms with Crippen molar-refractivity contribution in [2.24, 2.45) is 0 Å². The van der Waals surface area contributed by atoms with Crippen molar-refractivity contribution in [2.45, 2.75) is 50.0 Å². The molecule has 0 N–H and O–H groups in total. The molecule has 1 aromatic carbocycles. The van der Waals surface area contributed by atoms with Gasteiger partial charge in [-0.25, -0.2) is 0 Å². The Labute approximate surface area is 122 Å².